The van der Waals surface area contributed by atoms with Gasteiger partial charge in [0.25, 0.3) is 0 Å². The third-order valence-electron chi connectivity index (χ3n) is 4.68. The molecule has 3 rings (SSSR count). The number of aliphatic hydroxyl groups is 1. The summed E-state index contributed by atoms with van der Waals surface area (Å²) in [5.74, 6) is -2.25. The molecule has 8 nitrogen and oxygen atoms in total. The van der Waals surface area contributed by atoms with Crippen LogP contribution in [0, 0.1) is 12.8 Å². The molecule has 1 aromatic rings. The van der Waals surface area contributed by atoms with Crippen molar-refractivity contribution >= 4 is 5.97 Å². The zero-order valence-electron chi connectivity index (χ0n) is 14.4. The maximum Gasteiger partial charge on any atom is 0.490 e. The van der Waals surface area contributed by atoms with E-state index in [0.717, 1.165) is 44.8 Å². The fourth-order valence-corrected chi connectivity index (χ4v) is 3.45. The van der Waals surface area contributed by atoms with Crippen LogP contribution < -0.4 is 0 Å². The largest absolute Gasteiger partial charge is 0.490 e. The summed E-state index contributed by atoms with van der Waals surface area (Å²) in [5, 5.41) is 24.3. The molecule has 148 valence electrons. The van der Waals surface area contributed by atoms with Crippen molar-refractivity contribution in [1.29, 1.82) is 0 Å². The van der Waals surface area contributed by atoms with E-state index in [1.165, 1.54) is 0 Å². The number of nitrogens with zero attached hydrogens (tertiary/aromatic N) is 4. The van der Waals surface area contributed by atoms with Crippen LogP contribution in [0.1, 0.15) is 18.5 Å². The van der Waals surface area contributed by atoms with Crippen molar-refractivity contribution in [3.63, 3.8) is 0 Å². The molecule has 3 atom stereocenters. The molecule has 1 aliphatic carbocycles. The molecular weight excluding hydrogens is 357 g/mol. The summed E-state index contributed by atoms with van der Waals surface area (Å²) >= 11 is 0. The van der Waals surface area contributed by atoms with Crippen molar-refractivity contribution in [2.45, 2.75) is 44.6 Å². The minimum atomic E-state index is -5.08. The van der Waals surface area contributed by atoms with Crippen LogP contribution in [0.3, 0.4) is 0 Å². The van der Waals surface area contributed by atoms with Gasteiger partial charge in [-0.1, -0.05) is 5.21 Å². The fourth-order valence-electron chi connectivity index (χ4n) is 3.45. The van der Waals surface area contributed by atoms with Crippen LogP contribution in [0.15, 0.2) is 6.20 Å². The molecule has 2 N–H and O–H groups in total. The number of aromatic nitrogens is 3. The highest BCUT2D eigenvalue weighted by Gasteiger charge is 2.42. The van der Waals surface area contributed by atoms with E-state index in [1.807, 2.05) is 11.6 Å². The standard InChI is InChI=1S/C13H22N4O2.C2HF3O2/c1-10-8-14-15-17(10)9-11-2-3-12-13(11)19-7-5-16(12)4-6-18;3-2(4,5)1(6)7/h8,11-13,18H,2-7,9H2,1H3;(H,6,7). The Bertz CT molecular complexity index is 594. The summed E-state index contributed by atoms with van der Waals surface area (Å²) in [6.45, 7) is 5.63. The summed E-state index contributed by atoms with van der Waals surface area (Å²) in [5.41, 5.74) is 1.10. The van der Waals surface area contributed by atoms with E-state index in [9.17, 15) is 13.2 Å². The number of morpholine rings is 1. The number of hydrogen-bond donors (Lipinski definition) is 2. The number of β-amino-alcohol motifs (C(OH)–C–C–N with tert-alkyl or cyclic N) is 1. The van der Waals surface area contributed by atoms with Gasteiger partial charge in [0.15, 0.2) is 0 Å². The van der Waals surface area contributed by atoms with Gasteiger partial charge in [-0.05, 0) is 19.8 Å². The normalized spacial score (nSPS) is 26.1. The van der Waals surface area contributed by atoms with Gasteiger partial charge in [-0.25, -0.2) is 9.48 Å². The topological polar surface area (TPSA) is 101 Å². The molecule has 2 fully saturated rings. The third-order valence-corrected chi connectivity index (χ3v) is 4.68. The van der Waals surface area contributed by atoms with E-state index in [1.54, 1.807) is 6.20 Å². The van der Waals surface area contributed by atoms with Gasteiger partial charge in [0, 0.05) is 31.6 Å². The van der Waals surface area contributed by atoms with Crippen LogP contribution in [0.25, 0.3) is 0 Å². The Hall–Kier alpha value is -1.72. The minimum absolute atomic E-state index is 0.232. The SMILES string of the molecule is Cc1cnnn1CC1CCC2C1OCCN2CCO.O=C(O)C(F)(F)F. The Labute approximate surface area is 148 Å². The molecule has 2 heterocycles. The zero-order valence-corrected chi connectivity index (χ0v) is 14.4. The molecule has 0 radical (unpaired) electrons. The maximum absolute atomic E-state index is 10.6. The Kier molecular flexibility index (Phi) is 6.95. The van der Waals surface area contributed by atoms with Crippen molar-refractivity contribution in [3.8, 4) is 0 Å². The molecule has 0 spiro atoms. The van der Waals surface area contributed by atoms with E-state index in [-0.39, 0.29) is 12.7 Å². The number of hydrogen-bond acceptors (Lipinski definition) is 6. The Morgan fingerprint density at radius 1 is 1.42 bits per heavy atom. The number of ether oxygens (including phenoxy) is 1. The molecule has 0 aromatic carbocycles. The molecule has 3 unspecified atom stereocenters. The monoisotopic (exact) mass is 380 g/mol. The summed E-state index contributed by atoms with van der Waals surface area (Å²) in [4.78, 5) is 11.3. The minimum Gasteiger partial charge on any atom is -0.475 e. The number of rotatable bonds is 4. The van der Waals surface area contributed by atoms with Crippen molar-refractivity contribution in [3.05, 3.63) is 11.9 Å². The quantitative estimate of drug-likeness (QED) is 0.793. The highest BCUT2D eigenvalue weighted by atomic mass is 19.4. The number of aliphatic carboxylic acids is 1. The predicted molar refractivity (Wildman–Crippen MR) is 83.4 cm³/mol. The average Bonchev–Trinajstić information content (AvgIpc) is 3.16. The van der Waals surface area contributed by atoms with Gasteiger partial charge < -0.3 is 14.9 Å². The predicted octanol–water partition coefficient (Wildman–Crippen LogP) is 0.692. The van der Waals surface area contributed by atoms with Crippen LogP contribution in [0.2, 0.25) is 0 Å². The summed E-state index contributed by atoms with van der Waals surface area (Å²) in [6.07, 6.45) is -0.685. The lowest BCUT2D eigenvalue weighted by Gasteiger charge is -2.39. The Morgan fingerprint density at radius 2 is 2.12 bits per heavy atom. The second-order valence-electron chi connectivity index (χ2n) is 6.36. The highest BCUT2D eigenvalue weighted by Crippen LogP contribution is 2.35. The number of carboxylic acids is 1. The number of aliphatic hydroxyl groups excluding tert-OH is 1. The first-order valence-electron chi connectivity index (χ1n) is 8.35. The van der Waals surface area contributed by atoms with Crippen LogP contribution in [0.5, 0.6) is 0 Å². The van der Waals surface area contributed by atoms with Gasteiger partial charge in [-0.15, -0.1) is 5.10 Å². The van der Waals surface area contributed by atoms with Crippen LogP contribution in [-0.2, 0) is 16.1 Å². The van der Waals surface area contributed by atoms with Crippen molar-refractivity contribution in [2.75, 3.05) is 26.3 Å². The lowest BCUT2D eigenvalue weighted by molar-refractivity contribution is -0.192. The van der Waals surface area contributed by atoms with Gasteiger partial charge in [0.1, 0.15) is 0 Å². The van der Waals surface area contributed by atoms with Crippen LogP contribution in [-0.4, -0.2) is 80.7 Å². The zero-order chi connectivity index (χ0) is 19.3. The fraction of sp³-hybridized carbons (Fsp3) is 0.800. The van der Waals surface area contributed by atoms with E-state index >= 15 is 0 Å². The van der Waals surface area contributed by atoms with Gasteiger partial charge in [0.2, 0.25) is 0 Å². The van der Waals surface area contributed by atoms with E-state index in [0.29, 0.717) is 12.0 Å². The number of carbonyl (C=O) groups is 1. The molecule has 2 aliphatic rings. The molecule has 11 heteroatoms. The second-order valence-corrected chi connectivity index (χ2v) is 6.36. The highest BCUT2D eigenvalue weighted by molar-refractivity contribution is 5.73. The number of halogens is 3. The lowest BCUT2D eigenvalue weighted by atomic mass is 10.0. The van der Waals surface area contributed by atoms with E-state index in [4.69, 9.17) is 19.7 Å². The van der Waals surface area contributed by atoms with Crippen LogP contribution >= 0.6 is 0 Å². The average molecular weight is 380 g/mol. The summed E-state index contributed by atoms with van der Waals surface area (Å²) < 4.78 is 39.7. The van der Waals surface area contributed by atoms with Crippen LogP contribution in [0.4, 0.5) is 13.2 Å². The number of fused-ring (bicyclic) bond motifs is 1. The van der Waals surface area contributed by atoms with Gasteiger partial charge in [-0.2, -0.15) is 13.2 Å². The summed E-state index contributed by atoms with van der Waals surface area (Å²) in [6, 6.07) is 0.467. The molecule has 1 aliphatic heterocycles. The molecule has 1 saturated carbocycles. The molecule has 1 saturated heterocycles. The third kappa shape index (κ3) is 5.15. The first-order chi connectivity index (χ1) is 12.2. The first-order valence-corrected chi connectivity index (χ1v) is 8.35. The van der Waals surface area contributed by atoms with Crippen molar-refractivity contribution < 1.29 is 32.9 Å². The smallest absolute Gasteiger partial charge is 0.475 e. The molecule has 0 amide bonds. The van der Waals surface area contributed by atoms with E-state index < -0.39 is 12.1 Å². The summed E-state index contributed by atoms with van der Waals surface area (Å²) in [7, 11) is 0. The second kappa shape index (κ2) is 8.78. The number of carboxylic acid groups (broad SMARTS) is 1. The number of alkyl halides is 3. The molecule has 0 bridgehead atoms. The Balaban J connectivity index is 0.000000298. The van der Waals surface area contributed by atoms with Crippen molar-refractivity contribution in [1.82, 2.24) is 19.9 Å². The van der Waals surface area contributed by atoms with Gasteiger partial charge in [-0.3, -0.25) is 4.90 Å². The first kappa shape index (κ1) is 20.6. The molecule has 26 heavy (non-hydrogen) atoms. The Morgan fingerprint density at radius 3 is 2.65 bits per heavy atom. The molecule has 1 aromatic heterocycles. The van der Waals surface area contributed by atoms with Crippen molar-refractivity contribution in [2.24, 2.45) is 5.92 Å². The van der Waals surface area contributed by atoms with Gasteiger partial charge >= 0.3 is 12.1 Å². The van der Waals surface area contributed by atoms with E-state index in [2.05, 4.69) is 15.2 Å². The van der Waals surface area contributed by atoms with Gasteiger partial charge in [0.05, 0.1) is 31.2 Å². The lowest BCUT2D eigenvalue weighted by Crippen LogP contribution is -2.51. The maximum atomic E-state index is 10.6. The number of aryl methyl sites for hydroxylation is 1. The molecular formula is C15H23F3N4O4.